The standard InChI is InChI=1S/C20H19ClN4O3/c21-18-17(14-7-4-8-15(22)11-14)25(12-16(26)27)20(28)19(24-18)23-10-9-13-5-2-1-3-6-13/h1-8,11H,9-10,12,22H2,(H,23,24)(H,26,27). The second-order valence-electron chi connectivity index (χ2n) is 6.17. The molecule has 0 fully saturated rings. The third kappa shape index (κ3) is 4.50. The van der Waals surface area contributed by atoms with Crippen LogP contribution in [0.3, 0.4) is 0 Å². The number of carbonyl (C=O) groups is 1. The van der Waals surface area contributed by atoms with Gasteiger partial charge in [0, 0.05) is 17.8 Å². The number of aromatic nitrogens is 2. The van der Waals surface area contributed by atoms with Crippen LogP contribution in [-0.2, 0) is 17.8 Å². The molecule has 8 heteroatoms. The molecule has 0 spiro atoms. The lowest BCUT2D eigenvalue weighted by Gasteiger charge is -2.15. The van der Waals surface area contributed by atoms with E-state index in [1.54, 1.807) is 24.3 Å². The highest BCUT2D eigenvalue weighted by Crippen LogP contribution is 2.27. The molecule has 0 aliphatic heterocycles. The van der Waals surface area contributed by atoms with Gasteiger partial charge in [-0.3, -0.25) is 14.2 Å². The van der Waals surface area contributed by atoms with Gasteiger partial charge in [0.2, 0.25) is 0 Å². The molecule has 0 aliphatic carbocycles. The van der Waals surface area contributed by atoms with Crippen LogP contribution in [-0.4, -0.2) is 27.2 Å². The van der Waals surface area contributed by atoms with Crippen molar-refractivity contribution in [1.29, 1.82) is 0 Å². The van der Waals surface area contributed by atoms with Crippen molar-refractivity contribution in [2.45, 2.75) is 13.0 Å². The van der Waals surface area contributed by atoms with E-state index in [4.69, 9.17) is 17.3 Å². The third-order valence-electron chi connectivity index (χ3n) is 4.13. The summed E-state index contributed by atoms with van der Waals surface area (Å²) in [6.07, 6.45) is 0.676. The van der Waals surface area contributed by atoms with Crippen molar-refractivity contribution in [3.8, 4) is 11.3 Å². The minimum atomic E-state index is -1.16. The Labute approximate surface area is 166 Å². The Kier molecular flexibility index (Phi) is 5.96. The van der Waals surface area contributed by atoms with Crippen molar-refractivity contribution in [3.63, 3.8) is 0 Å². The minimum Gasteiger partial charge on any atom is -0.480 e. The van der Waals surface area contributed by atoms with E-state index < -0.39 is 18.1 Å². The summed E-state index contributed by atoms with van der Waals surface area (Å²) in [7, 11) is 0. The van der Waals surface area contributed by atoms with Gasteiger partial charge < -0.3 is 16.2 Å². The molecule has 0 unspecified atom stereocenters. The Morgan fingerprint density at radius 3 is 2.61 bits per heavy atom. The van der Waals surface area contributed by atoms with Gasteiger partial charge in [-0.2, -0.15) is 0 Å². The number of nitrogens with zero attached hydrogens (tertiary/aromatic N) is 2. The first-order chi connectivity index (χ1) is 13.5. The number of anilines is 2. The van der Waals surface area contributed by atoms with Crippen molar-refractivity contribution in [1.82, 2.24) is 9.55 Å². The number of hydrogen-bond acceptors (Lipinski definition) is 5. The van der Waals surface area contributed by atoms with Crippen molar-refractivity contribution in [2.75, 3.05) is 17.6 Å². The summed E-state index contributed by atoms with van der Waals surface area (Å²) in [5.41, 5.74) is 7.55. The highest BCUT2D eigenvalue weighted by Gasteiger charge is 2.19. The second kappa shape index (κ2) is 8.58. The molecule has 144 valence electrons. The molecule has 3 aromatic rings. The first-order valence-corrected chi connectivity index (χ1v) is 8.99. The third-order valence-corrected chi connectivity index (χ3v) is 4.39. The molecule has 0 bridgehead atoms. The molecule has 0 aliphatic rings. The summed E-state index contributed by atoms with van der Waals surface area (Å²) in [6.45, 7) is -0.0914. The largest absolute Gasteiger partial charge is 0.480 e. The number of benzene rings is 2. The van der Waals surface area contributed by atoms with Crippen LogP contribution in [0.15, 0.2) is 59.4 Å². The second-order valence-corrected chi connectivity index (χ2v) is 6.53. The SMILES string of the molecule is Nc1cccc(-c2c(Cl)nc(NCCc3ccccc3)c(=O)n2CC(=O)O)c1. The molecule has 0 saturated heterocycles. The van der Waals surface area contributed by atoms with Crippen LogP contribution < -0.4 is 16.6 Å². The van der Waals surface area contributed by atoms with Crippen LogP contribution in [0.25, 0.3) is 11.3 Å². The maximum Gasteiger partial charge on any atom is 0.323 e. The average Bonchev–Trinajstić information content (AvgIpc) is 2.66. The first-order valence-electron chi connectivity index (χ1n) is 8.61. The van der Waals surface area contributed by atoms with Gasteiger partial charge in [-0.15, -0.1) is 0 Å². The fraction of sp³-hybridized carbons (Fsp3) is 0.150. The van der Waals surface area contributed by atoms with E-state index in [9.17, 15) is 14.7 Å². The number of nitrogens with two attached hydrogens (primary N) is 1. The molecule has 0 amide bonds. The molecule has 1 heterocycles. The highest BCUT2D eigenvalue weighted by molar-refractivity contribution is 6.32. The number of nitrogens with one attached hydrogen (secondary N) is 1. The summed E-state index contributed by atoms with van der Waals surface area (Å²) in [4.78, 5) is 28.4. The minimum absolute atomic E-state index is 0.00911. The van der Waals surface area contributed by atoms with Crippen molar-refractivity contribution in [3.05, 3.63) is 75.7 Å². The average molecular weight is 399 g/mol. The number of carboxylic acids is 1. The van der Waals surface area contributed by atoms with E-state index in [0.29, 0.717) is 24.2 Å². The number of halogens is 1. The van der Waals surface area contributed by atoms with E-state index in [-0.39, 0.29) is 16.7 Å². The van der Waals surface area contributed by atoms with Gasteiger partial charge in [0.15, 0.2) is 11.0 Å². The lowest BCUT2D eigenvalue weighted by atomic mass is 10.1. The van der Waals surface area contributed by atoms with Gasteiger partial charge in [-0.25, -0.2) is 4.98 Å². The highest BCUT2D eigenvalue weighted by atomic mass is 35.5. The molecule has 7 nitrogen and oxygen atoms in total. The van der Waals surface area contributed by atoms with Crippen LogP contribution in [0, 0.1) is 0 Å². The lowest BCUT2D eigenvalue weighted by molar-refractivity contribution is -0.137. The summed E-state index contributed by atoms with van der Waals surface area (Å²) in [5.74, 6) is -1.15. The summed E-state index contributed by atoms with van der Waals surface area (Å²) in [5, 5.41) is 12.2. The van der Waals surface area contributed by atoms with Crippen LogP contribution >= 0.6 is 11.6 Å². The number of nitrogen functional groups attached to an aromatic ring is 1. The normalized spacial score (nSPS) is 10.6. The topological polar surface area (TPSA) is 110 Å². The molecule has 3 rings (SSSR count). The number of hydrogen-bond donors (Lipinski definition) is 3. The smallest absolute Gasteiger partial charge is 0.323 e. The van der Waals surface area contributed by atoms with Crippen molar-refractivity contribution >= 4 is 29.1 Å². The van der Waals surface area contributed by atoms with Crippen LogP contribution in [0.1, 0.15) is 5.56 Å². The van der Waals surface area contributed by atoms with E-state index >= 15 is 0 Å². The zero-order valence-corrected chi connectivity index (χ0v) is 15.7. The maximum absolute atomic E-state index is 12.9. The fourth-order valence-electron chi connectivity index (χ4n) is 2.87. The molecule has 0 atom stereocenters. The lowest BCUT2D eigenvalue weighted by Crippen LogP contribution is -2.30. The van der Waals surface area contributed by atoms with Gasteiger partial charge in [-0.05, 0) is 24.1 Å². The molecule has 28 heavy (non-hydrogen) atoms. The van der Waals surface area contributed by atoms with Gasteiger partial charge >= 0.3 is 5.97 Å². The summed E-state index contributed by atoms with van der Waals surface area (Å²) in [6, 6.07) is 16.4. The van der Waals surface area contributed by atoms with Gasteiger partial charge in [-0.1, -0.05) is 54.1 Å². The Morgan fingerprint density at radius 1 is 1.18 bits per heavy atom. The molecular formula is C20H19ClN4O3. The van der Waals surface area contributed by atoms with Crippen LogP contribution in [0.5, 0.6) is 0 Å². The number of rotatable bonds is 7. The van der Waals surface area contributed by atoms with Gasteiger partial charge in [0.25, 0.3) is 5.56 Å². The molecule has 2 aromatic carbocycles. The zero-order chi connectivity index (χ0) is 20.1. The summed E-state index contributed by atoms with van der Waals surface area (Å²) >= 11 is 6.33. The number of carboxylic acid groups (broad SMARTS) is 1. The summed E-state index contributed by atoms with van der Waals surface area (Å²) < 4.78 is 1.09. The Hall–Kier alpha value is -3.32. The van der Waals surface area contributed by atoms with Crippen molar-refractivity contribution < 1.29 is 9.90 Å². The molecule has 1 aromatic heterocycles. The quantitative estimate of drug-likeness (QED) is 0.528. The molecule has 0 radical (unpaired) electrons. The molecule has 0 saturated carbocycles. The number of aliphatic carboxylic acids is 1. The zero-order valence-electron chi connectivity index (χ0n) is 14.9. The van der Waals surface area contributed by atoms with E-state index in [1.165, 1.54) is 0 Å². The Bertz CT molecular complexity index is 1050. The van der Waals surface area contributed by atoms with Gasteiger partial charge in [0.1, 0.15) is 6.54 Å². The monoisotopic (exact) mass is 398 g/mol. The van der Waals surface area contributed by atoms with E-state index in [2.05, 4.69) is 10.3 Å². The first kappa shape index (κ1) is 19.4. The van der Waals surface area contributed by atoms with Crippen molar-refractivity contribution in [2.24, 2.45) is 0 Å². The molecule has 4 N–H and O–H groups in total. The fourth-order valence-corrected chi connectivity index (χ4v) is 3.17. The Morgan fingerprint density at radius 2 is 1.93 bits per heavy atom. The van der Waals surface area contributed by atoms with Gasteiger partial charge in [0.05, 0.1) is 5.69 Å². The Balaban J connectivity index is 1.95. The molecular weight excluding hydrogens is 380 g/mol. The van der Waals surface area contributed by atoms with E-state index in [1.807, 2.05) is 30.3 Å². The van der Waals surface area contributed by atoms with Crippen LogP contribution in [0.2, 0.25) is 5.15 Å². The predicted molar refractivity (Wildman–Crippen MR) is 110 cm³/mol. The van der Waals surface area contributed by atoms with E-state index in [0.717, 1.165) is 10.1 Å². The predicted octanol–water partition coefficient (Wildman–Crippen LogP) is 2.89. The van der Waals surface area contributed by atoms with Crippen LogP contribution in [0.4, 0.5) is 11.5 Å². The maximum atomic E-state index is 12.9.